The zero-order valence-corrected chi connectivity index (χ0v) is 13.5. The van der Waals surface area contributed by atoms with Crippen LogP contribution in [0.4, 0.5) is 11.4 Å². The summed E-state index contributed by atoms with van der Waals surface area (Å²) in [4.78, 5) is 9.20. The summed E-state index contributed by atoms with van der Waals surface area (Å²) in [6, 6.07) is 30.4. The third-order valence-corrected chi connectivity index (χ3v) is 3.66. The molecule has 0 heterocycles. The lowest BCUT2D eigenvalue weighted by atomic mass is 10.0. The summed E-state index contributed by atoms with van der Waals surface area (Å²) in [5, 5.41) is 0. The van der Waals surface area contributed by atoms with Crippen LogP contribution in [0, 0.1) is 5.92 Å². The van der Waals surface area contributed by atoms with Gasteiger partial charge in [0.25, 0.3) is 0 Å². The van der Waals surface area contributed by atoms with Crippen LogP contribution in [0.5, 0.6) is 0 Å². The molecule has 3 rings (SSSR count). The van der Waals surface area contributed by atoms with Gasteiger partial charge in [-0.2, -0.15) is 0 Å². The second-order valence-corrected chi connectivity index (χ2v) is 5.58. The van der Waals surface area contributed by atoms with E-state index in [1.54, 1.807) is 0 Å². The highest BCUT2D eigenvalue weighted by molar-refractivity contribution is 5.86. The monoisotopic (exact) mass is 312 g/mol. The molecule has 0 spiro atoms. The molecule has 3 aromatic rings. The van der Waals surface area contributed by atoms with Crippen LogP contribution in [0.15, 0.2) is 101 Å². The molecule has 2 heteroatoms. The quantitative estimate of drug-likeness (QED) is 0.525. The first-order valence-corrected chi connectivity index (χ1v) is 8.12. The fraction of sp³-hybridized carbons (Fsp3) is 0.0909. The predicted octanol–water partition coefficient (Wildman–Crippen LogP) is 5.65. The van der Waals surface area contributed by atoms with Crippen LogP contribution < -0.4 is 0 Å². The van der Waals surface area contributed by atoms with Crippen molar-refractivity contribution < 1.29 is 0 Å². The number of para-hydroxylation sites is 2. The van der Waals surface area contributed by atoms with Crippen molar-refractivity contribution in [3.63, 3.8) is 0 Å². The van der Waals surface area contributed by atoms with E-state index in [4.69, 9.17) is 0 Å². The van der Waals surface area contributed by atoms with Gasteiger partial charge >= 0.3 is 0 Å². The van der Waals surface area contributed by atoms with Gasteiger partial charge in [-0.1, -0.05) is 66.7 Å². The van der Waals surface area contributed by atoms with Crippen molar-refractivity contribution in [2.45, 2.75) is 6.42 Å². The Morgan fingerprint density at radius 3 is 1.46 bits per heavy atom. The molecule has 0 aromatic heterocycles. The molecule has 24 heavy (non-hydrogen) atoms. The van der Waals surface area contributed by atoms with E-state index in [0.717, 1.165) is 17.8 Å². The summed E-state index contributed by atoms with van der Waals surface area (Å²) in [7, 11) is 0. The van der Waals surface area contributed by atoms with Gasteiger partial charge in [0.05, 0.1) is 11.4 Å². The summed E-state index contributed by atoms with van der Waals surface area (Å²) in [6.07, 6.45) is 4.84. The predicted molar refractivity (Wildman–Crippen MR) is 103 cm³/mol. The fourth-order valence-electron chi connectivity index (χ4n) is 2.42. The normalized spacial score (nSPS) is 12.7. The summed E-state index contributed by atoms with van der Waals surface area (Å²) < 4.78 is 0. The lowest BCUT2D eigenvalue weighted by Gasteiger charge is -2.07. The van der Waals surface area contributed by atoms with Gasteiger partial charge in [0.2, 0.25) is 0 Å². The summed E-state index contributed by atoms with van der Waals surface area (Å²) >= 11 is 0. The van der Waals surface area contributed by atoms with Crippen LogP contribution in [0.3, 0.4) is 0 Å². The van der Waals surface area contributed by atoms with Gasteiger partial charge in [0.15, 0.2) is 0 Å². The topological polar surface area (TPSA) is 24.7 Å². The van der Waals surface area contributed by atoms with Gasteiger partial charge in [0.1, 0.15) is 0 Å². The van der Waals surface area contributed by atoms with Crippen LogP contribution in [-0.4, -0.2) is 12.4 Å². The van der Waals surface area contributed by atoms with E-state index in [1.165, 1.54) is 5.56 Å². The van der Waals surface area contributed by atoms with E-state index in [9.17, 15) is 0 Å². The zero-order chi connectivity index (χ0) is 16.5. The Labute approximate surface area is 143 Å². The van der Waals surface area contributed by atoms with Gasteiger partial charge in [-0.25, -0.2) is 0 Å². The molecule has 0 bridgehead atoms. The van der Waals surface area contributed by atoms with E-state index in [1.807, 2.05) is 79.2 Å². The first kappa shape index (κ1) is 15.9. The fourth-order valence-corrected chi connectivity index (χ4v) is 2.42. The average Bonchev–Trinajstić information content (AvgIpc) is 2.66. The van der Waals surface area contributed by atoms with Crippen LogP contribution in [0.2, 0.25) is 0 Å². The van der Waals surface area contributed by atoms with Crippen molar-refractivity contribution in [2.75, 3.05) is 0 Å². The molecule has 3 aromatic carbocycles. The maximum absolute atomic E-state index is 4.60. The number of nitrogens with zero attached hydrogens (tertiary/aromatic N) is 2. The molecule has 0 saturated heterocycles. The summed E-state index contributed by atoms with van der Waals surface area (Å²) in [6.45, 7) is 0. The molecule has 0 unspecified atom stereocenters. The molecule has 2 nitrogen and oxygen atoms in total. The Bertz CT molecular complexity index is 728. The van der Waals surface area contributed by atoms with Gasteiger partial charge in [-0.15, -0.1) is 0 Å². The molecule has 118 valence electrons. The Hall–Kier alpha value is -3.00. The zero-order valence-electron chi connectivity index (χ0n) is 13.5. The number of aliphatic imine (C=N–C) groups is 2. The van der Waals surface area contributed by atoms with E-state index in [0.29, 0.717) is 0 Å². The second-order valence-electron chi connectivity index (χ2n) is 5.58. The lowest BCUT2D eigenvalue weighted by Crippen LogP contribution is -2.07. The minimum atomic E-state index is 0.146. The van der Waals surface area contributed by atoms with E-state index < -0.39 is 0 Å². The van der Waals surface area contributed by atoms with Crippen LogP contribution in [-0.2, 0) is 6.42 Å². The van der Waals surface area contributed by atoms with Crippen molar-refractivity contribution in [2.24, 2.45) is 15.9 Å². The Morgan fingerprint density at radius 1 is 0.583 bits per heavy atom. The van der Waals surface area contributed by atoms with E-state index in [2.05, 4.69) is 34.3 Å². The molecule has 0 amide bonds. The standard InChI is InChI=1S/C22H20N2/c1-4-10-19(11-5-1)16-20(17-23-21-12-6-2-7-13-21)18-24-22-14-8-3-9-15-22/h1-15,17-18,20H,16H2. The van der Waals surface area contributed by atoms with Crippen molar-refractivity contribution in [3.05, 3.63) is 96.6 Å². The molecule has 0 N–H and O–H groups in total. The first-order chi connectivity index (χ1) is 11.9. The molecule has 0 aliphatic heterocycles. The molecular weight excluding hydrogens is 292 g/mol. The van der Waals surface area contributed by atoms with E-state index >= 15 is 0 Å². The van der Waals surface area contributed by atoms with Crippen molar-refractivity contribution in [1.29, 1.82) is 0 Å². The Morgan fingerprint density at radius 2 is 1.00 bits per heavy atom. The van der Waals surface area contributed by atoms with Crippen molar-refractivity contribution in [3.8, 4) is 0 Å². The minimum Gasteiger partial charge on any atom is -0.261 e. The molecule has 0 radical (unpaired) electrons. The summed E-state index contributed by atoms with van der Waals surface area (Å²) in [5.74, 6) is 0.146. The van der Waals surface area contributed by atoms with Crippen LogP contribution in [0.25, 0.3) is 0 Å². The van der Waals surface area contributed by atoms with Crippen molar-refractivity contribution >= 4 is 23.8 Å². The van der Waals surface area contributed by atoms with Gasteiger partial charge in [-0.05, 0) is 36.2 Å². The van der Waals surface area contributed by atoms with E-state index in [-0.39, 0.29) is 5.92 Å². The molecule has 0 atom stereocenters. The SMILES string of the molecule is C(=Nc1ccccc1)C(C=Nc1ccccc1)Cc1ccccc1. The maximum Gasteiger partial charge on any atom is 0.0625 e. The van der Waals surface area contributed by atoms with Gasteiger partial charge < -0.3 is 0 Å². The number of hydrogen-bond acceptors (Lipinski definition) is 2. The highest BCUT2D eigenvalue weighted by atomic mass is 14.7. The Balaban J connectivity index is 1.77. The molecule has 0 aliphatic carbocycles. The highest BCUT2D eigenvalue weighted by Crippen LogP contribution is 2.14. The van der Waals surface area contributed by atoms with Crippen LogP contribution >= 0.6 is 0 Å². The molecular formula is C22H20N2. The largest absolute Gasteiger partial charge is 0.261 e. The van der Waals surface area contributed by atoms with Crippen molar-refractivity contribution in [1.82, 2.24) is 0 Å². The molecule has 0 aliphatic rings. The highest BCUT2D eigenvalue weighted by Gasteiger charge is 2.04. The Kier molecular flexibility index (Phi) is 5.68. The molecule has 0 fully saturated rings. The van der Waals surface area contributed by atoms with Gasteiger partial charge in [0, 0.05) is 18.3 Å². The molecule has 0 saturated carbocycles. The third kappa shape index (κ3) is 5.03. The first-order valence-electron chi connectivity index (χ1n) is 8.12. The number of rotatable bonds is 6. The van der Waals surface area contributed by atoms with Crippen LogP contribution in [0.1, 0.15) is 5.56 Å². The number of benzene rings is 3. The number of hydrogen-bond donors (Lipinski definition) is 0. The average molecular weight is 312 g/mol. The van der Waals surface area contributed by atoms with Gasteiger partial charge in [-0.3, -0.25) is 9.98 Å². The second kappa shape index (κ2) is 8.59. The minimum absolute atomic E-state index is 0.146. The summed E-state index contributed by atoms with van der Waals surface area (Å²) in [5.41, 5.74) is 3.20. The third-order valence-electron chi connectivity index (χ3n) is 3.66. The lowest BCUT2D eigenvalue weighted by molar-refractivity contribution is 0.927. The smallest absolute Gasteiger partial charge is 0.0625 e. The maximum atomic E-state index is 4.60.